The summed E-state index contributed by atoms with van der Waals surface area (Å²) < 4.78 is 79.5. The largest absolute Gasteiger partial charge is 0.467 e. The minimum absolute atomic E-state index is 0.0193. The fourth-order valence-electron chi connectivity index (χ4n) is 2.98. The molecule has 0 fully saturated rings. The Balaban J connectivity index is 2.15. The first kappa shape index (κ1) is 31.7. The fourth-order valence-corrected chi connectivity index (χ4v) is 3.94. The van der Waals surface area contributed by atoms with Gasteiger partial charge in [-0.25, -0.2) is 23.1 Å². The summed E-state index contributed by atoms with van der Waals surface area (Å²) in [6.07, 6.45) is -5.53. The first-order valence-corrected chi connectivity index (χ1v) is 11.9. The van der Waals surface area contributed by atoms with Gasteiger partial charge in [0.25, 0.3) is 12.3 Å². The Bertz CT molecular complexity index is 1210. The van der Waals surface area contributed by atoms with Crippen LogP contribution in [0.15, 0.2) is 35.6 Å². The van der Waals surface area contributed by atoms with E-state index < -0.39 is 59.6 Å². The number of ether oxygens (including phenoxy) is 1. The summed E-state index contributed by atoms with van der Waals surface area (Å²) in [5, 5.41) is 4.46. The van der Waals surface area contributed by atoms with E-state index in [9.17, 15) is 35.9 Å². The SMILES string of the molecule is CC(C)(SC(N)=NC(C)(C)c1cc(NC(=O)c2cnc(OCC(F)(F)F)cn2)ccc1F)C(=O)NCC(F)F. The number of anilines is 1. The molecule has 2 rings (SSSR count). The normalized spacial score (nSPS) is 12.8. The lowest BCUT2D eigenvalue weighted by atomic mass is 9.94. The number of rotatable bonds is 10. The van der Waals surface area contributed by atoms with Crippen LogP contribution in [0, 0.1) is 5.82 Å². The summed E-state index contributed by atoms with van der Waals surface area (Å²) in [6, 6.07) is 3.63. The Hall–Kier alpha value is -3.56. The fraction of sp³-hybridized carbons (Fsp3) is 0.435. The summed E-state index contributed by atoms with van der Waals surface area (Å²) in [5.41, 5.74) is 4.60. The smallest absolute Gasteiger partial charge is 0.422 e. The molecular formula is C23H26F6N6O3S. The van der Waals surface area contributed by atoms with Crippen LogP contribution in [-0.2, 0) is 10.3 Å². The van der Waals surface area contributed by atoms with E-state index >= 15 is 0 Å². The Labute approximate surface area is 224 Å². The number of carbonyl (C=O) groups is 2. The number of aliphatic imine (C=N–C) groups is 1. The second kappa shape index (κ2) is 12.5. The van der Waals surface area contributed by atoms with Crippen molar-refractivity contribution in [1.29, 1.82) is 0 Å². The van der Waals surface area contributed by atoms with Gasteiger partial charge in [-0.1, -0.05) is 11.8 Å². The third-order valence-electron chi connectivity index (χ3n) is 4.84. The topological polar surface area (TPSA) is 132 Å². The average molecular weight is 581 g/mol. The number of thioether (sulfide) groups is 1. The second-order valence-corrected chi connectivity index (χ2v) is 10.7. The van der Waals surface area contributed by atoms with Crippen molar-refractivity contribution in [2.24, 2.45) is 10.7 Å². The molecule has 2 aromatic rings. The summed E-state index contributed by atoms with van der Waals surface area (Å²) in [7, 11) is 0. The molecule has 1 heterocycles. The quantitative estimate of drug-likeness (QED) is 0.218. The third-order valence-corrected chi connectivity index (χ3v) is 5.84. The van der Waals surface area contributed by atoms with Gasteiger partial charge < -0.3 is 21.1 Å². The molecule has 1 aromatic heterocycles. The van der Waals surface area contributed by atoms with Crippen LogP contribution in [0.25, 0.3) is 0 Å². The highest BCUT2D eigenvalue weighted by molar-refractivity contribution is 8.15. The molecule has 16 heteroatoms. The van der Waals surface area contributed by atoms with Crippen LogP contribution in [0.4, 0.5) is 32.0 Å². The van der Waals surface area contributed by atoms with E-state index in [2.05, 4.69) is 30.3 Å². The summed E-state index contributed by atoms with van der Waals surface area (Å²) in [4.78, 5) is 36.3. The van der Waals surface area contributed by atoms with Crippen LogP contribution in [0.5, 0.6) is 5.88 Å². The molecule has 0 aliphatic rings. The Kier molecular flexibility index (Phi) is 10.2. The van der Waals surface area contributed by atoms with E-state index in [0.29, 0.717) is 0 Å². The van der Waals surface area contributed by atoms with Crippen molar-refractivity contribution < 1.29 is 40.7 Å². The summed E-state index contributed by atoms with van der Waals surface area (Å²) in [6.45, 7) is 3.58. The average Bonchev–Trinajstić information content (AvgIpc) is 2.81. The van der Waals surface area contributed by atoms with Crippen molar-refractivity contribution in [3.63, 3.8) is 0 Å². The van der Waals surface area contributed by atoms with Gasteiger partial charge in [0.05, 0.1) is 29.2 Å². The minimum atomic E-state index is -4.57. The minimum Gasteiger partial charge on any atom is -0.467 e. The number of halogens is 6. The first-order valence-electron chi connectivity index (χ1n) is 11.1. The lowest BCUT2D eigenvalue weighted by Crippen LogP contribution is -2.43. The molecular weight excluding hydrogens is 554 g/mol. The zero-order valence-electron chi connectivity index (χ0n) is 21.2. The van der Waals surface area contributed by atoms with Crippen LogP contribution in [0.3, 0.4) is 0 Å². The van der Waals surface area contributed by atoms with Gasteiger partial charge in [-0.2, -0.15) is 13.2 Å². The van der Waals surface area contributed by atoms with E-state index in [1.807, 2.05) is 0 Å². The molecule has 0 saturated heterocycles. The van der Waals surface area contributed by atoms with Crippen molar-refractivity contribution in [2.75, 3.05) is 18.5 Å². The second-order valence-electron chi connectivity index (χ2n) is 9.02. The molecule has 39 heavy (non-hydrogen) atoms. The third kappa shape index (κ3) is 9.92. The maximum atomic E-state index is 14.7. The number of hydrogen-bond donors (Lipinski definition) is 3. The number of benzene rings is 1. The molecule has 0 spiro atoms. The van der Waals surface area contributed by atoms with Crippen LogP contribution < -0.4 is 21.1 Å². The summed E-state index contributed by atoms with van der Waals surface area (Å²) >= 11 is 0.798. The Morgan fingerprint density at radius 1 is 1.13 bits per heavy atom. The Morgan fingerprint density at radius 3 is 2.36 bits per heavy atom. The van der Waals surface area contributed by atoms with E-state index in [1.165, 1.54) is 39.8 Å². The van der Waals surface area contributed by atoms with Crippen LogP contribution in [-0.4, -0.2) is 57.5 Å². The number of alkyl halides is 5. The molecule has 0 unspecified atom stereocenters. The molecule has 9 nitrogen and oxygen atoms in total. The van der Waals surface area contributed by atoms with Gasteiger partial charge in [0.2, 0.25) is 11.8 Å². The van der Waals surface area contributed by atoms with E-state index in [4.69, 9.17) is 5.73 Å². The molecule has 0 saturated carbocycles. The van der Waals surface area contributed by atoms with Gasteiger partial charge in [-0.15, -0.1) is 0 Å². The van der Waals surface area contributed by atoms with E-state index in [1.54, 1.807) is 0 Å². The maximum absolute atomic E-state index is 14.7. The van der Waals surface area contributed by atoms with Gasteiger partial charge in [0.15, 0.2) is 11.8 Å². The highest BCUT2D eigenvalue weighted by Gasteiger charge is 2.32. The number of nitrogens with one attached hydrogen (secondary N) is 2. The van der Waals surface area contributed by atoms with E-state index in [-0.39, 0.29) is 22.1 Å². The van der Waals surface area contributed by atoms with Crippen molar-refractivity contribution in [3.8, 4) is 5.88 Å². The predicted molar refractivity (Wildman–Crippen MR) is 133 cm³/mol. The number of aromatic nitrogens is 2. The number of nitrogens with zero attached hydrogens (tertiary/aromatic N) is 3. The van der Waals surface area contributed by atoms with Gasteiger partial charge in [-0.3, -0.25) is 14.6 Å². The molecule has 4 N–H and O–H groups in total. The van der Waals surface area contributed by atoms with Gasteiger partial charge in [0, 0.05) is 11.3 Å². The molecule has 0 bridgehead atoms. The molecule has 214 valence electrons. The van der Waals surface area contributed by atoms with Crippen molar-refractivity contribution in [1.82, 2.24) is 15.3 Å². The number of carbonyl (C=O) groups excluding carboxylic acids is 2. The number of nitrogens with two attached hydrogens (primary N) is 1. The summed E-state index contributed by atoms with van der Waals surface area (Å²) in [5.74, 6) is -2.59. The highest BCUT2D eigenvalue weighted by atomic mass is 32.2. The van der Waals surface area contributed by atoms with Crippen molar-refractivity contribution in [2.45, 2.75) is 50.6 Å². The maximum Gasteiger partial charge on any atom is 0.422 e. The lowest BCUT2D eigenvalue weighted by Gasteiger charge is -2.26. The standard InChI is InChI=1S/C23H26F6N6O3S/c1-21(2,35-20(30)39-22(3,4)19(37)33-9-16(25)26)13-7-12(5-6-14(13)24)34-18(36)15-8-32-17(10-31-15)38-11-23(27,28)29/h5-8,10,16H,9,11H2,1-4H3,(H2,30,35)(H,33,37)(H,34,36). The van der Waals surface area contributed by atoms with E-state index in [0.717, 1.165) is 30.2 Å². The number of hydrogen-bond acceptors (Lipinski definition) is 7. The van der Waals surface area contributed by atoms with Crippen LogP contribution >= 0.6 is 11.8 Å². The number of amidine groups is 1. The van der Waals surface area contributed by atoms with Crippen LogP contribution in [0.1, 0.15) is 43.7 Å². The lowest BCUT2D eigenvalue weighted by molar-refractivity contribution is -0.154. The molecule has 1 aromatic carbocycles. The zero-order valence-corrected chi connectivity index (χ0v) is 22.0. The molecule has 0 aliphatic carbocycles. The predicted octanol–water partition coefficient (Wildman–Crippen LogP) is 4.25. The monoisotopic (exact) mass is 580 g/mol. The molecule has 0 radical (unpaired) electrons. The Morgan fingerprint density at radius 2 is 1.79 bits per heavy atom. The van der Waals surface area contributed by atoms with Gasteiger partial charge in [-0.05, 0) is 45.9 Å². The number of amides is 2. The molecule has 0 atom stereocenters. The highest BCUT2D eigenvalue weighted by Crippen LogP contribution is 2.32. The van der Waals surface area contributed by atoms with Gasteiger partial charge in [0.1, 0.15) is 11.5 Å². The molecule has 0 aliphatic heterocycles. The molecule has 2 amide bonds. The first-order chi connectivity index (χ1) is 17.9. The van der Waals surface area contributed by atoms with Crippen molar-refractivity contribution in [3.05, 3.63) is 47.7 Å². The van der Waals surface area contributed by atoms with Gasteiger partial charge >= 0.3 is 6.18 Å². The van der Waals surface area contributed by atoms with Crippen molar-refractivity contribution >= 4 is 34.4 Å². The van der Waals surface area contributed by atoms with Crippen LogP contribution in [0.2, 0.25) is 0 Å². The zero-order chi connectivity index (χ0) is 29.6.